The Morgan fingerprint density at radius 2 is 2.50 bits per heavy atom. The molecule has 0 saturated heterocycles. The molecule has 78 valence electrons. The lowest BCUT2D eigenvalue weighted by atomic mass is 10.3. The van der Waals surface area contributed by atoms with Crippen LogP contribution in [-0.2, 0) is 13.6 Å². The first-order valence-electron chi connectivity index (χ1n) is 4.18. The molecule has 14 heavy (non-hydrogen) atoms. The number of carboxylic acid groups (broad SMARTS) is 1. The fraction of sp³-hybridized carbons (Fsp3) is 0.500. The molecule has 1 aromatic heterocycles. The van der Waals surface area contributed by atoms with Crippen molar-refractivity contribution in [3.05, 3.63) is 17.5 Å². The maximum atomic E-state index is 11.8. The Morgan fingerprint density at radius 1 is 1.79 bits per heavy atom. The van der Waals surface area contributed by atoms with E-state index in [-0.39, 0.29) is 12.2 Å². The quantitative estimate of drug-likeness (QED) is 0.667. The SMILES string of the molecule is Cn1nc(C(=O)O)cc1CNCCF. The zero-order valence-electron chi connectivity index (χ0n) is 7.83. The molecule has 1 heterocycles. The van der Waals surface area contributed by atoms with Crippen molar-refractivity contribution in [3.63, 3.8) is 0 Å². The van der Waals surface area contributed by atoms with Crippen LogP contribution in [0.25, 0.3) is 0 Å². The lowest BCUT2D eigenvalue weighted by molar-refractivity contribution is 0.0689. The van der Waals surface area contributed by atoms with Crippen molar-refractivity contribution >= 4 is 5.97 Å². The van der Waals surface area contributed by atoms with E-state index < -0.39 is 12.6 Å². The number of nitrogens with zero attached hydrogens (tertiary/aromatic N) is 2. The molecule has 0 radical (unpaired) electrons. The molecule has 1 rings (SSSR count). The van der Waals surface area contributed by atoms with Gasteiger partial charge in [0.1, 0.15) is 6.67 Å². The first-order valence-corrected chi connectivity index (χ1v) is 4.18. The number of halogens is 1. The molecule has 0 saturated carbocycles. The molecule has 0 aromatic carbocycles. The largest absolute Gasteiger partial charge is 0.476 e. The number of carbonyl (C=O) groups is 1. The maximum absolute atomic E-state index is 11.8. The highest BCUT2D eigenvalue weighted by atomic mass is 19.1. The van der Waals surface area contributed by atoms with E-state index in [4.69, 9.17) is 5.11 Å². The van der Waals surface area contributed by atoms with E-state index in [1.807, 2.05) is 0 Å². The molecule has 0 aliphatic rings. The first kappa shape index (κ1) is 10.6. The summed E-state index contributed by atoms with van der Waals surface area (Å²) in [6.07, 6.45) is 0. The van der Waals surface area contributed by atoms with Crippen molar-refractivity contribution in [3.8, 4) is 0 Å². The fourth-order valence-corrected chi connectivity index (χ4v) is 1.06. The second-order valence-electron chi connectivity index (χ2n) is 2.82. The van der Waals surface area contributed by atoms with Crippen LogP contribution in [0.2, 0.25) is 0 Å². The monoisotopic (exact) mass is 201 g/mol. The van der Waals surface area contributed by atoms with Crippen LogP contribution in [0, 0.1) is 0 Å². The van der Waals surface area contributed by atoms with Gasteiger partial charge in [0.2, 0.25) is 0 Å². The van der Waals surface area contributed by atoms with Gasteiger partial charge >= 0.3 is 5.97 Å². The number of rotatable bonds is 5. The molecular formula is C8H12FN3O2. The van der Waals surface area contributed by atoms with Crippen LogP contribution in [0.4, 0.5) is 4.39 Å². The van der Waals surface area contributed by atoms with E-state index in [2.05, 4.69) is 10.4 Å². The molecular weight excluding hydrogens is 189 g/mol. The summed E-state index contributed by atoms with van der Waals surface area (Å²) in [6, 6.07) is 1.47. The highest BCUT2D eigenvalue weighted by Gasteiger charge is 2.10. The van der Waals surface area contributed by atoms with Crippen molar-refractivity contribution in [1.82, 2.24) is 15.1 Å². The normalized spacial score (nSPS) is 10.4. The van der Waals surface area contributed by atoms with E-state index in [1.54, 1.807) is 7.05 Å². The molecule has 6 heteroatoms. The van der Waals surface area contributed by atoms with Gasteiger partial charge in [-0.25, -0.2) is 9.18 Å². The average molecular weight is 201 g/mol. The summed E-state index contributed by atoms with van der Waals surface area (Å²) >= 11 is 0. The summed E-state index contributed by atoms with van der Waals surface area (Å²) in [5.74, 6) is -1.06. The number of nitrogens with one attached hydrogen (secondary N) is 1. The van der Waals surface area contributed by atoms with Crippen LogP contribution in [0.5, 0.6) is 0 Å². The highest BCUT2D eigenvalue weighted by Crippen LogP contribution is 2.02. The molecule has 0 aliphatic heterocycles. The highest BCUT2D eigenvalue weighted by molar-refractivity contribution is 5.85. The van der Waals surface area contributed by atoms with Crippen molar-refractivity contribution in [2.75, 3.05) is 13.2 Å². The summed E-state index contributed by atoms with van der Waals surface area (Å²) in [4.78, 5) is 10.5. The van der Waals surface area contributed by atoms with Gasteiger partial charge in [0.15, 0.2) is 5.69 Å². The minimum absolute atomic E-state index is 0.00421. The van der Waals surface area contributed by atoms with Gasteiger partial charge in [0.25, 0.3) is 0 Å². The van der Waals surface area contributed by atoms with Gasteiger partial charge in [-0.1, -0.05) is 0 Å². The summed E-state index contributed by atoms with van der Waals surface area (Å²) in [7, 11) is 1.65. The lowest BCUT2D eigenvalue weighted by Crippen LogP contribution is -2.17. The summed E-state index contributed by atoms with van der Waals surface area (Å²) in [5.41, 5.74) is 0.723. The van der Waals surface area contributed by atoms with E-state index in [1.165, 1.54) is 10.7 Å². The first-order chi connectivity index (χ1) is 6.65. The van der Waals surface area contributed by atoms with Crippen molar-refractivity contribution in [2.45, 2.75) is 6.54 Å². The third kappa shape index (κ3) is 2.53. The number of alkyl halides is 1. The lowest BCUT2D eigenvalue weighted by Gasteiger charge is -2.01. The van der Waals surface area contributed by atoms with E-state index in [0.717, 1.165) is 5.69 Å². The molecule has 0 unspecified atom stereocenters. The molecule has 0 fully saturated rings. The van der Waals surface area contributed by atoms with Crippen molar-refractivity contribution in [1.29, 1.82) is 0 Å². The second-order valence-corrected chi connectivity index (χ2v) is 2.82. The van der Waals surface area contributed by atoms with Gasteiger partial charge in [-0.3, -0.25) is 4.68 Å². The van der Waals surface area contributed by atoms with E-state index >= 15 is 0 Å². The molecule has 2 N–H and O–H groups in total. The Bertz CT molecular complexity index is 324. The van der Waals surface area contributed by atoms with Gasteiger partial charge in [0, 0.05) is 20.1 Å². The predicted molar refractivity (Wildman–Crippen MR) is 47.8 cm³/mol. The number of aromatic carboxylic acids is 1. The minimum Gasteiger partial charge on any atom is -0.476 e. The fourth-order valence-electron chi connectivity index (χ4n) is 1.06. The van der Waals surface area contributed by atoms with Crippen LogP contribution in [0.15, 0.2) is 6.07 Å². The van der Waals surface area contributed by atoms with Crippen LogP contribution < -0.4 is 5.32 Å². The molecule has 0 bridgehead atoms. The predicted octanol–water partition coefficient (Wildman–Crippen LogP) is 0.177. The van der Waals surface area contributed by atoms with Crippen LogP contribution in [-0.4, -0.2) is 34.1 Å². The maximum Gasteiger partial charge on any atom is 0.356 e. The molecule has 0 atom stereocenters. The molecule has 0 aliphatic carbocycles. The van der Waals surface area contributed by atoms with Gasteiger partial charge in [-0.05, 0) is 6.07 Å². The third-order valence-electron chi connectivity index (χ3n) is 1.77. The number of carboxylic acids is 1. The summed E-state index contributed by atoms with van der Waals surface area (Å²) in [5, 5.41) is 15.2. The summed E-state index contributed by atoms with van der Waals surface area (Å²) < 4.78 is 13.2. The zero-order chi connectivity index (χ0) is 10.6. The smallest absolute Gasteiger partial charge is 0.356 e. The molecule has 1 aromatic rings. The number of aromatic nitrogens is 2. The van der Waals surface area contributed by atoms with E-state index in [0.29, 0.717) is 6.54 Å². The van der Waals surface area contributed by atoms with Gasteiger partial charge in [-0.2, -0.15) is 5.10 Å². The van der Waals surface area contributed by atoms with Crippen LogP contribution >= 0.6 is 0 Å². The van der Waals surface area contributed by atoms with Gasteiger partial charge < -0.3 is 10.4 Å². The Balaban J connectivity index is 2.63. The average Bonchev–Trinajstić information content (AvgIpc) is 2.49. The Hall–Kier alpha value is -1.43. The van der Waals surface area contributed by atoms with Crippen LogP contribution in [0.3, 0.4) is 0 Å². The van der Waals surface area contributed by atoms with Crippen molar-refractivity contribution < 1.29 is 14.3 Å². The number of aryl methyl sites for hydroxylation is 1. The zero-order valence-corrected chi connectivity index (χ0v) is 7.83. The Morgan fingerprint density at radius 3 is 3.00 bits per heavy atom. The number of hydrogen-bond donors (Lipinski definition) is 2. The van der Waals surface area contributed by atoms with Gasteiger partial charge in [-0.15, -0.1) is 0 Å². The van der Waals surface area contributed by atoms with Crippen LogP contribution in [0.1, 0.15) is 16.2 Å². The van der Waals surface area contributed by atoms with E-state index in [9.17, 15) is 9.18 Å². The van der Waals surface area contributed by atoms with Gasteiger partial charge in [0.05, 0.1) is 5.69 Å². The topological polar surface area (TPSA) is 67.2 Å². The summed E-state index contributed by atoms with van der Waals surface area (Å²) in [6.45, 7) is 0.234. The minimum atomic E-state index is -1.06. The Labute approximate surface area is 80.5 Å². The molecule has 0 spiro atoms. The van der Waals surface area contributed by atoms with Crippen molar-refractivity contribution in [2.24, 2.45) is 7.05 Å². The molecule has 5 nitrogen and oxygen atoms in total. The number of hydrogen-bond acceptors (Lipinski definition) is 3. The standard InChI is InChI=1S/C8H12FN3O2/c1-12-6(5-10-3-2-9)4-7(11-12)8(13)14/h4,10H,2-3,5H2,1H3,(H,13,14). The second kappa shape index (κ2) is 4.71. The molecule has 0 amide bonds. The Kier molecular flexibility index (Phi) is 3.58. The third-order valence-corrected chi connectivity index (χ3v) is 1.77.